The second-order valence-corrected chi connectivity index (χ2v) is 4.89. The van der Waals surface area contributed by atoms with E-state index in [9.17, 15) is 9.90 Å². The van der Waals surface area contributed by atoms with Crippen LogP contribution in [0.3, 0.4) is 0 Å². The van der Waals surface area contributed by atoms with Crippen LogP contribution in [0.5, 0.6) is 5.75 Å². The van der Waals surface area contributed by atoms with E-state index in [-0.39, 0.29) is 23.7 Å². The van der Waals surface area contributed by atoms with Crippen LogP contribution in [0.1, 0.15) is 24.2 Å². The Morgan fingerprint density at radius 3 is 2.72 bits per heavy atom. The molecule has 2 unspecified atom stereocenters. The van der Waals surface area contributed by atoms with E-state index in [4.69, 9.17) is 4.74 Å². The molecular formula is C14H19NO3. The lowest BCUT2D eigenvalue weighted by molar-refractivity contribution is -0.0460. The fraction of sp³-hybridized carbons (Fsp3) is 0.500. The number of carbonyl (C=O) groups is 1. The molecule has 2 atom stereocenters. The van der Waals surface area contributed by atoms with E-state index < -0.39 is 0 Å². The molecule has 0 aliphatic carbocycles. The Morgan fingerprint density at radius 1 is 1.39 bits per heavy atom. The average Bonchev–Trinajstić information content (AvgIpc) is 2.34. The van der Waals surface area contributed by atoms with Crippen molar-refractivity contribution in [3.63, 3.8) is 0 Å². The van der Waals surface area contributed by atoms with Gasteiger partial charge in [-0.15, -0.1) is 0 Å². The fourth-order valence-electron chi connectivity index (χ4n) is 2.12. The summed E-state index contributed by atoms with van der Waals surface area (Å²) >= 11 is 0. The first-order valence-corrected chi connectivity index (χ1v) is 6.24. The number of morpholine rings is 1. The lowest BCUT2D eigenvalue weighted by atomic mass is 10.1. The van der Waals surface area contributed by atoms with Crippen LogP contribution < -0.4 is 0 Å². The molecule has 1 aromatic carbocycles. The van der Waals surface area contributed by atoms with E-state index in [1.54, 1.807) is 24.3 Å². The van der Waals surface area contributed by atoms with Gasteiger partial charge in [0.05, 0.1) is 19.3 Å². The van der Waals surface area contributed by atoms with Crippen LogP contribution in [0.15, 0.2) is 24.3 Å². The molecule has 0 spiro atoms. The third-order valence-electron chi connectivity index (χ3n) is 3.27. The molecule has 1 heterocycles. The van der Waals surface area contributed by atoms with Gasteiger partial charge in [-0.05, 0) is 38.1 Å². The van der Waals surface area contributed by atoms with Crippen LogP contribution in [0.25, 0.3) is 0 Å². The average molecular weight is 249 g/mol. The van der Waals surface area contributed by atoms with Gasteiger partial charge < -0.3 is 9.84 Å². The summed E-state index contributed by atoms with van der Waals surface area (Å²) in [6.07, 6.45) is 0.175. The van der Waals surface area contributed by atoms with E-state index >= 15 is 0 Å². The standard InChI is InChI=1S/C14H19NO3/c1-10-9-18-11(2)7-15(10)8-14(17)12-3-5-13(16)6-4-12/h3-6,10-11,16H,7-9H2,1-2H3. The Bertz CT molecular complexity index is 416. The summed E-state index contributed by atoms with van der Waals surface area (Å²) in [4.78, 5) is 14.3. The summed E-state index contributed by atoms with van der Waals surface area (Å²) in [7, 11) is 0. The quantitative estimate of drug-likeness (QED) is 0.828. The molecule has 18 heavy (non-hydrogen) atoms. The minimum Gasteiger partial charge on any atom is -0.508 e. The van der Waals surface area contributed by atoms with Crippen molar-refractivity contribution in [1.82, 2.24) is 4.90 Å². The highest BCUT2D eigenvalue weighted by atomic mass is 16.5. The minimum atomic E-state index is 0.0796. The molecule has 1 N–H and O–H groups in total. The molecule has 4 heteroatoms. The van der Waals surface area contributed by atoms with Crippen molar-refractivity contribution in [2.75, 3.05) is 19.7 Å². The number of phenolic OH excluding ortho intramolecular Hbond substituents is 1. The molecule has 0 bridgehead atoms. The first-order valence-electron chi connectivity index (χ1n) is 6.24. The Kier molecular flexibility index (Phi) is 3.99. The molecule has 0 saturated carbocycles. The van der Waals surface area contributed by atoms with Crippen LogP contribution in [-0.2, 0) is 4.74 Å². The monoisotopic (exact) mass is 249 g/mol. The van der Waals surface area contributed by atoms with Crippen LogP contribution in [-0.4, -0.2) is 47.6 Å². The fourth-order valence-corrected chi connectivity index (χ4v) is 2.12. The number of rotatable bonds is 3. The zero-order valence-corrected chi connectivity index (χ0v) is 10.8. The molecule has 4 nitrogen and oxygen atoms in total. The summed E-state index contributed by atoms with van der Waals surface area (Å²) in [5.41, 5.74) is 0.638. The molecule has 0 amide bonds. The molecule has 1 saturated heterocycles. The van der Waals surface area contributed by atoms with Gasteiger partial charge in [0, 0.05) is 18.2 Å². The van der Waals surface area contributed by atoms with Gasteiger partial charge in [-0.2, -0.15) is 0 Å². The van der Waals surface area contributed by atoms with E-state index in [0.717, 1.165) is 6.54 Å². The Labute approximate surface area is 107 Å². The SMILES string of the molecule is CC1CN(CC(=O)c2ccc(O)cc2)C(C)CO1. The van der Waals surface area contributed by atoms with E-state index in [2.05, 4.69) is 11.8 Å². The third kappa shape index (κ3) is 3.09. The number of nitrogens with zero attached hydrogens (tertiary/aromatic N) is 1. The number of benzene rings is 1. The van der Waals surface area contributed by atoms with Gasteiger partial charge in [0.1, 0.15) is 5.75 Å². The number of hydrogen-bond donors (Lipinski definition) is 1. The summed E-state index contributed by atoms with van der Waals surface area (Å²) in [5, 5.41) is 9.20. The number of carbonyl (C=O) groups excluding carboxylic acids is 1. The first kappa shape index (κ1) is 13.1. The van der Waals surface area contributed by atoms with Crippen molar-refractivity contribution in [3.05, 3.63) is 29.8 Å². The molecule has 0 radical (unpaired) electrons. The smallest absolute Gasteiger partial charge is 0.176 e. The van der Waals surface area contributed by atoms with Gasteiger partial charge in [-0.25, -0.2) is 0 Å². The Morgan fingerprint density at radius 2 is 2.06 bits per heavy atom. The van der Waals surface area contributed by atoms with Crippen molar-refractivity contribution in [2.24, 2.45) is 0 Å². The summed E-state index contributed by atoms with van der Waals surface area (Å²) in [5.74, 6) is 0.260. The maximum absolute atomic E-state index is 12.1. The van der Waals surface area contributed by atoms with Crippen LogP contribution >= 0.6 is 0 Å². The predicted octanol–water partition coefficient (Wildman–Crippen LogP) is 1.68. The van der Waals surface area contributed by atoms with Gasteiger partial charge in [0.15, 0.2) is 5.78 Å². The predicted molar refractivity (Wildman–Crippen MR) is 68.9 cm³/mol. The number of hydrogen-bond acceptors (Lipinski definition) is 4. The number of ketones is 1. The van der Waals surface area contributed by atoms with Gasteiger partial charge in [0.2, 0.25) is 0 Å². The van der Waals surface area contributed by atoms with E-state index in [1.165, 1.54) is 0 Å². The third-order valence-corrected chi connectivity index (χ3v) is 3.27. The minimum absolute atomic E-state index is 0.0796. The van der Waals surface area contributed by atoms with Crippen molar-refractivity contribution >= 4 is 5.78 Å². The van der Waals surface area contributed by atoms with Crippen molar-refractivity contribution < 1.29 is 14.6 Å². The molecule has 2 rings (SSSR count). The second-order valence-electron chi connectivity index (χ2n) is 4.89. The molecule has 1 aromatic rings. The molecule has 1 aliphatic rings. The highest BCUT2D eigenvalue weighted by molar-refractivity contribution is 5.97. The lowest BCUT2D eigenvalue weighted by Gasteiger charge is -2.36. The molecular weight excluding hydrogens is 230 g/mol. The van der Waals surface area contributed by atoms with E-state index in [1.807, 2.05) is 6.92 Å². The number of Topliss-reactive ketones (excluding diaryl/α,β-unsaturated/α-hetero) is 1. The van der Waals surface area contributed by atoms with Gasteiger partial charge in [-0.3, -0.25) is 9.69 Å². The summed E-state index contributed by atoms with van der Waals surface area (Å²) in [6, 6.07) is 6.66. The van der Waals surface area contributed by atoms with Gasteiger partial charge in [-0.1, -0.05) is 0 Å². The first-order chi connectivity index (χ1) is 8.56. The lowest BCUT2D eigenvalue weighted by Crippen LogP contribution is -2.49. The second kappa shape index (κ2) is 5.50. The van der Waals surface area contributed by atoms with Crippen molar-refractivity contribution in [3.8, 4) is 5.75 Å². The molecule has 1 fully saturated rings. The number of ether oxygens (including phenoxy) is 1. The largest absolute Gasteiger partial charge is 0.508 e. The highest BCUT2D eigenvalue weighted by Crippen LogP contribution is 2.14. The number of phenols is 1. The van der Waals surface area contributed by atoms with Crippen LogP contribution in [0.4, 0.5) is 0 Å². The van der Waals surface area contributed by atoms with Crippen molar-refractivity contribution in [2.45, 2.75) is 26.0 Å². The molecule has 0 aromatic heterocycles. The summed E-state index contributed by atoms with van der Waals surface area (Å²) < 4.78 is 5.54. The van der Waals surface area contributed by atoms with E-state index in [0.29, 0.717) is 18.7 Å². The maximum Gasteiger partial charge on any atom is 0.176 e. The normalized spacial score (nSPS) is 25.0. The van der Waals surface area contributed by atoms with Gasteiger partial charge in [0.25, 0.3) is 0 Å². The number of aromatic hydroxyl groups is 1. The van der Waals surface area contributed by atoms with Crippen LogP contribution in [0, 0.1) is 0 Å². The van der Waals surface area contributed by atoms with Crippen molar-refractivity contribution in [1.29, 1.82) is 0 Å². The van der Waals surface area contributed by atoms with Gasteiger partial charge >= 0.3 is 0 Å². The molecule has 1 aliphatic heterocycles. The summed E-state index contributed by atoms with van der Waals surface area (Å²) in [6.45, 7) is 5.94. The Hall–Kier alpha value is -1.39. The molecule has 98 valence electrons. The highest BCUT2D eigenvalue weighted by Gasteiger charge is 2.25. The van der Waals surface area contributed by atoms with Crippen LogP contribution in [0.2, 0.25) is 0 Å². The maximum atomic E-state index is 12.1. The zero-order valence-electron chi connectivity index (χ0n) is 10.8. The topological polar surface area (TPSA) is 49.8 Å². The zero-order chi connectivity index (χ0) is 13.1. The Balaban J connectivity index is 2.00.